The first-order chi connectivity index (χ1) is 13.7. The molecule has 0 bridgehead atoms. The molecule has 29 heavy (non-hydrogen) atoms. The molecule has 1 aliphatic carbocycles. The van der Waals surface area contributed by atoms with Crippen LogP contribution in [-0.4, -0.2) is 0 Å². The second-order valence-corrected chi connectivity index (χ2v) is 7.60. The second kappa shape index (κ2) is 8.66. The third-order valence-electron chi connectivity index (χ3n) is 5.68. The van der Waals surface area contributed by atoms with Gasteiger partial charge in [0.2, 0.25) is 0 Å². The predicted molar refractivity (Wildman–Crippen MR) is 132 cm³/mol. The molecule has 0 spiro atoms. The highest BCUT2D eigenvalue weighted by Gasteiger charge is 2.17. The maximum absolute atomic E-state index is 2.38. The van der Waals surface area contributed by atoms with Crippen molar-refractivity contribution in [2.75, 3.05) is 0 Å². The molecule has 0 nitrogen and oxygen atoms in total. The Hall–Kier alpha value is -2.86. The minimum atomic E-state index is 0. The monoisotopic (exact) mass is 380 g/mol. The van der Waals surface area contributed by atoms with Crippen LogP contribution < -0.4 is 0 Å². The van der Waals surface area contributed by atoms with Gasteiger partial charge in [-0.05, 0) is 69.1 Å². The Bertz CT molecular complexity index is 1160. The minimum absolute atomic E-state index is 0. The van der Waals surface area contributed by atoms with Gasteiger partial charge in [0.05, 0.1) is 0 Å². The molecule has 0 N–H and O–H groups in total. The van der Waals surface area contributed by atoms with Gasteiger partial charge in [-0.1, -0.05) is 107 Å². The zero-order valence-corrected chi connectivity index (χ0v) is 17.3. The molecule has 0 saturated heterocycles. The number of hydrogen-bond acceptors (Lipinski definition) is 0. The molecule has 5 rings (SSSR count). The lowest BCUT2D eigenvalue weighted by molar-refractivity contribution is 0.722. The van der Waals surface area contributed by atoms with Crippen molar-refractivity contribution in [2.45, 2.75) is 41.5 Å². The summed E-state index contributed by atoms with van der Waals surface area (Å²) in [5, 5.41) is 5.51. The van der Waals surface area contributed by atoms with Crippen molar-refractivity contribution in [3.63, 3.8) is 0 Å². The van der Waals surface area contributed by atoms with Crippen molar-refractivity contribution >= 4 is 27.6 Å². The van der Waals surface area contributed by atoms with E-state index in [4.69, 9.17) is 0 Å². The molecule has 1 unspecified atom stereocenters. The van der Waals surface area contributed by atoms with Crippen molar-refractivity contribution < 1.29 is 0 Å². The zero-order chi connectivity index (χ0) is 19.7. The summed E-state index contributed by atoms with van der Waals surface area (Å²) in [5.41, 5.74) is 6.79. The van der Waals surface area contributed by atoms with Crippen LogP contribution in [0.4, 0.5) is 0 Å². The molecule has 148 valence electrons. The summed E-state index contributed by atoms with van der Waals surface area (Å²) in [6, 6.07) is 24.7. The molecule has 4 aromatic rings. The van der Waals surface area contributed by atoms with Crippen molar-refractivity contribution in [3.8, 4) is 11.1 Å². The van der Waals surface area contributed by atoms with Gasteiger partial charge < -0.3 is 0 Å². The van der Waals surface area contributed by atoms with Crippen LogP contribution in [0, 0.1) is 12.8 Å². The smallest absolute Gasteiger partial charge is 0.00960 e. The highest BCUT2D eigenvalue weighted by atomic mass is 14.2. The quantitative estimate of drug-likeness (QED) is 0.289. The first kappa shape index (κ1) is 20.9. The molecule has 0 heterocycles. The van der Waals surface area contributed by atoms with E-state index < -0.39 is 0 Å². The molecule has 1 aliphatic rings. The molecule has 1 atom stereocenters. The van der Waals surface area contributed by atoms with Crippen LogP contribution in [0.3, 0.4) is 0 Å². The van der Waals surface area contributed by atoms with E-state index in [0.717, 1.165) is 6.42 Å². The van der Waals surface area contributed by atoms with Crippen LogP contribution in [-0.2, 0) is 6.42 Å². The lowest BCUT2D eigenvalue weighted by atomic mass is 9.83. The van der Waals surface area contributed by atoms with E-state index in [-0.39, 0.29) is 7.43 Å². The van der Waals surface area contributed by atoms with E-state index in [0.29, 0.717) is 5.92 Å². The highest BCUT2D eigenvalue weighted by molar-refractivity contribution is 6.14. The van der Waals surface area contributed by atoms with Crippen LogP contribution in [0.25, 0.3) is 38.7 Å². The molecule has 0 heteroatoms. The summed E-state index contributed by atoms with van der Waals surface area (Å²) in [6.07, 6.45) is 5.80. The van der Waals surface area contributed by atoms with Gasteiger partial charge in [-0.15, -0.1) is 0 Å². The van der Waals surface area contributed by atoms with Gasteiger partial charge in [0.25, 0.3) is 0 Å². The maximum atomic E-state index is 2.38. The highest BCUT2D eigenvalue weighted by Crippen LogP contribution is 2.39. The van der Waals surface area contributed by atoms with Crippen molar-refractivity contribution in [2.24, 2.45) is 5.92 Å². The number of benzene rings is 4. The van der Waals surface area contributed by atoms with Crippen molar-refractivity contribution in [1.29, 1.82) is 0 Å². The Morgan fingerprint density at radius 1 is 0.724 bits per heavy atom. The molecule has 0 aliphatic heterocycles. The standard InChI is InChI=1S/C26H22.C2H6.CH4/c1-17-7-10-19(11-8-17)20-12-14-24-25-15-18(2)9-13-23(25)21-5-3-4-6-22(21)26(24)16-20;1-2;/h3-14,16,18H,15H2,1-2H3;1-2H3;1H4. The Balaban J connectivity index is 0.000000778. The Morgan fingerprint density at radius 3 is 2.10 bits per heavy atom. The molecule has 0 radical (unpaired) electrons. The fraction of sp³-hybridized carbons (Fsp3) is 0.241. The SMILES string of the molecule is C.CC.Cc1ccc(-c2ccc3c4c(c5ccccc5c3c2)C=CC(C)C4)cc1. The average Bonchev–Trinajstić information content (AvgIpc) is 2.75. The number of rotatable bonds is 1. The normalized spacial score (nSPS) is 14.7. The predicted octanol–water partition coefficient (Wildman–Crippen LogP) is 8.84. The minimum Gasteiger partial charge on any atom is -0.0807 e. The summed E-state index contributed by atoms with van der Waals surface area (Å²) in [5.74, 6) is 0.601. The van der Waals surface area contributed by atoms with E-state index in [2.05, 4.69) is 92.7 Å². The lowest BCUT2D eigenvalue weighted by Crippen LogP contribution is -2.05. The number of hydrogen-bond donors (Lipinski definition) is 0. The third kappa shape index (κ3) is 3.72. The van der Waals surface area contributed by atoms with Gasteiger partial charge in [0.15, 0.2) is 0 Å². The van der Waals surface area contributed by atoms with Crippen molar-refractivity contribution in [3.05, 3.63) is 89.5 Å². The van der Waals surface area contributed by atoms with Crippen LogP contribution in [0.5, 0.6) is 0 Å². The van der Waals surface area contributed by atoms with Crippen LogP contribution in [0.1, 0.15) is 44.9 Å². The average molecular weight is 381 g/mol. The van der Waals surface area contributed by atoms with Crippen LogP contribution in [0.2, 0.25) is 0 Å². The van der Waals surface area contributed by atoms with E-state index in [1.165, 1.54) is 49.4 Å². The first-order valence-electron chi connectivity index (χ1n) is 10.4. The summed E-state index contributed by atoms with van der Waals surface area (Å²) in [7, 11) is 0. The fourth-order valence-electron chi connectivity index (χ4n) is 4.28. The van der Waals surface area contributed by atoms with Gasteiger partial charge in [0.1, 0.15) is 0 Å². The Labute approximate surface area is 175 Å². The molecular formula is C29H32. The van der Waals surface area contributed by atoms with Gasteiger partial charge in [-0.3, -0.25) is 0 Å². The van der Waals surface area contributed by atoms with E-state index in [1.54, 1.807) is 0 Å². The van der Waals surface area contributed by atoms with Gasteiger partial charge in [-0.2, -0.15) is 0 Å². The number of fused-ring (bicyclic) bond motifs is 6. The van der Waals surface area contributed by atoms with Gasteiger partial charge in [0, 0.05) is 0 Å². The number of allylic oxidation sites excluding steroid dienone is 1. The fourth-order valence-corrected chi connectivity index (χ4v) is 4.28. The Kier molecular flexibility index (Phi) is 6.23. The van der Waals surface area contributed by atoms with Gasteiger partial charge >= 0.3 is 0 Å². The molecule has 4 aromatic carbocycles. The van der Waals surface area contributed by atoms with E-state index in [1.807, 2.05) is 13.8 Å². The summed E-state index contributed by atoms with van der Waals surface area (Å²) < 4.78 is 0. The summed E-state index contributed by atoms with van der Waals surface area (Å²) in [6.45, 7) is 8.44. The summed E-state index contributed by atoms with van der Waals surface area (Å²) >= 11 is 0. The molecule has 0 fully saturated rings. The topological polar surface area (TPSA) is 0 Å². The molecular weight excluding hydrogens is 348 g/mol. The summed E-state index contributed by atoms with van der Waals surface area (Å²) in [4.78, 5) is 0. The first-order valence-corrected chi connectivity index (χ1v) is 10.4. The van der Waals surface area contributed by atoms with Crippen LogP contribution >= 0.6 is 0 Å². The lowest BCUT2D eigenvalue weighted by Gasteiger charge is -2.21. The zero-order valence-electron chi connectivity index (χ0n) is 17.3. The van der Waals surface area contributed by atoms with Crippen molar-refractivity contribution in [1.82, 2.24) is 0 Å². The molecule has 0 amide bonds. The largest absolute Gasteiger partial charge is 0.0807 e. The molecule has 0 aromatic heterocycles. The van der Waals surface area contributed by atoms with Crippen LogP contribution in [0.15, 0.2) is 72.8 Å². The third-order valence-corrected chi connectivity index (χ3v) is 5.68. The Morgan fingerprint density at radius 2 is 1.38 bits per heavy atom. The van der Waals surface area contributed by atoms with E-state index in [9.17, 15) is 0 Å². The van der Waals surface area contributed by atoms with Gasteiger partial charge in [-0.25, -0.2) is 0 Å². The maximum Gasteiger partial charge on any atom is -0.00960 e. The van der Waals surface area contributed by atoms with E-state index >= 15 is 0 Å². The molecule has 0 saturated carbocycles. The number of aryl methyl sites for hydroxylation is 1. The second-order valence-electron chi connectivity index (χ2n) is 7.60.